The van der Waals surface area contributed by atoms with Crippen molar-refractivity contribution in [1.82, 2.24) is 9.88 Å². The number of carbonyl (C=O) groups is 1. The molecular formula is C12H18N4O3S. The Morgan fingerprint density at radius 3 is 3.10 bits per heavy atom. The van der Waals surface area contributed by atoms with Crippen molar-refractivity contribution < 1.29 is 14.6 Å². The first-order valence-electron chi connectivity index (χ1n) is 6.71. The van der Waals surface area contributed by atoms with E-state index in [0.717, 1.165) is 12.8 Å². The van der Waals surface area contributed by atoms with E-state index in [9.17, 15) is 9.90 Å². The Hall–Kier alpha value is -1.38. The fourth-order valence-corrected chi connectivity index (χ4v) is 3.07. The van der Waals surface area contributed by atoms with Gasteiger partial charge in [0.25, 0.3) is 5.91 Å². The van der Waals surface area contributed by atoms with Crippen molar-refractivity contribution >= 4 is 28.2 Å². The Morgan fingerprint density at radius 2 is 2.40 bits per heavy atom. The van der Waals surface area contributed by atoms with Gasteiger partial charge < -0.3 is 25.8 Å². The van der Waals surface area contributed by atoms with Crippen LogP contribution in [0.1, 0.15) is 22.5 Å². The summed E-state index contributed by atoms with van der Waals surface area (Å²) in [6.45, 7) is 1.19. The lowest BCUT2D eigenvalue weighted by Gasteiger charge is -2.34. The molecule has 2 heterocycles. The zero-order valence-corrected chi connectivity index (χ0v) is 11.9. The van der Waals surface area contributed by atoms with E-state index in [2.05, 4.69) is 10.3 Å². The standard InChI is InChI=1S/C12H18N4O3S/c13-10-9(20-12(15-10)14-7-1-2-7)11(18)16-3-4-19-6-8(16)5-17/h7-8,17H,1-6,13H2,(H,14,15). The molecule has 4 N–H and O–H groups in total. The van der Waals surface area contributed by atoms with Gasteiger partial charge in [-0.25, -0.2) is 4.98 Å². The molecule has 1 unspecified atom stereocenters. The zero-order valence-electron chi connectivity index (χ0n) is 11.0. The SMILES string of the molecule is Nc1nc(NC2CC2)sc1C(=O)N1CCOCC1CO. The van der Waals surface area contributed by atoms with Crippen molar-refractivity contribution in [3.05, 3.63) is 4.88 Å². The van der Waals surface area contributed by atoms with Crippen molar-refractivity contribution in [3.63, 3.8) is 0 Å². The third-order valence-electron chi connectivity index (χ3n) is 3.45. The third kappa shape index (κ3) is 2.72. The molecule has 2 fully saturated rings. The average Bonchev–Trinajstić information content (AvgIpc) is 3.20. The van der Waals surface area contributed by atoms with Crippen LogP contribution in [0.15, 0.2) is 0 Å². The van der Waals surface area contributed by atoms with E-state index in [1.54, 1.807) is 4.90 Å². The van der Waals surface area contributed by atoms with Crippen LogP contribution in [0.5, 0.6) is 0 Å². The van der Waals surface area contributed by atoms with E-state index >= 15 is 0 Å². The summed E-state index contributed by atoms with van der Waals surface area (Å²) in [6.07, 6.45) is 2.28. The number of morpholine rings is 1. The lowest BCUT2D eigenvalue weighted by Crippen LogP contribution is -2.50. The first-order chi connectivity index (χ1) is 9.69. The number of amides is 1. The van der Waals surface area contributed by atoms with Gasteiger partial charge in [-0.3, -0.25) is 4.79 Å². The average molecular weight is 298 g/mol. The number of aliphatic hydroxyl groups is 1. The number of aromatic nitrogens is 1. The maximum absolute atomic E-state index is 12.5. The van der Waals surface area contributed by atoms with Gasteiger partial charge in [0.05, 0.1) is 25.9 Å². The summed E-state index contributed by atoms with van der Waals surface area (Å²) in [5.41, 5.74) is 5.85. The Labute approximate surface area is 120 Å². The van der Waals surface area contributed by atoms with E-state index in [0.29, 0.717) is 35.8 Å². The summed E-state index contributed by atoms with van der Waals surface area (Å²) in [6, 6.07) is 0.162. The number of hydrogen-bond acceptors (Lipinski definition) is 7. The number of nitrogens with one attached hydrogen (secondary N) is 1. The number of nitrogen functional groups attached to an aromatic ring is 1. The molecule has 0 spiro atoms. The second kappa shape index (κ2) is 5.55. The Kier molecular flexibility index (Phi) is 3.77. The first-order valence-corrected chi connectivity index (χ1v) is 7.53. The summed E-state index contributed by atoms with van der Waals surface area (Å²) in [7, 11) is 0. The Bertz CT molecular complexity index is 503. The minimum absolute atomic E-state index is 0.113. The molecule has 1 aliphatic heterocycles. The largest absolute Gasteiger partial charge is 0.394 e. The molecular weight excluding hydrogens is 280 g/mol. The fourth-order valence-electron chi connectivity index (χ4n) is 2.15. The summed E-state index contributed by atoms with van der Waals surface area (Å²) in [5.74, 6) is 0.0810. The topological polar surface area (TPSA) is 101 Å². The molecule has 3 rings (SSSR count). The van der Waals surface area contributed by atoms with Gasteiger partial charge in [-0.2, -0.15) is 0 Å². The van der Waals surface area contributed by atoms with Crippen LogP contribution in [-0.4, -0.2) is 59.3 Å². The molecule has 0 bridgehead atoms. The predicted octanol–water partition coefficient (Wildman–Crippen LogP) is 0.133. The normalized spacial score (nSPS) is 22.9. The molecule has 0 aromatic carbocycles. The van der Waals surface area contributed by atoms with Gasteiger partial charge in [-0.05, 0) is 12.8 Å². The van der Waals surface area contributed by atoms with Gasteiger partial charge in [0.1, 0.15) is 10.7 Å². The van der Waals surface area contributed by atoms with Gasteiger partial charge >= 0.3 is 0 Å². The molecule has 1 aliphatic carbocycles. The molecule has 1 saturated heterocycles. The van der Waals surface area contributed by atoms with Crippen LogP contribution in [0.4, 0.5) is 10.9 Å². The molecule has 110 valence electrons. The zero-order chi connectivity index (χ0) is 14.1. The predicted molar refractivity (Wildman–Crippen MR) is 75.9 cm³/mol. The molecule has 7 nitrogen and oxygen atoms in total. The van der Waals surface area contributed by atoms with Gasteiger partial charge in [0.2, 0.25) is 0 Å². The number of ether oxygens (including phenoxy) is 1. The van der Waals surface area contributed by atoms with E-state index in [1.807, 2.05) is 0 Å². The van der Waals surface area contributed by atoms with Gasteiger partial charge in [0, 0.05) is 12.6 Å². The first kappa shape index (κ1) is 13.6. The lowest BCUT2D eigenvalue weighted by atomic mass is 10.2. The minimum Gasteiger partial charge on any atom is -0.394 e. The van der Waals surface area contributed by atoms with Gasteiger partial charge in [-0.15, -0.1) is 0 Å². The maximum Gasteiger partial charge on any atom is 0.268 e. The van der Waals surface area contributed by atoms with E-state index in [1.165, 1.54) is 11.3 Å². The maximum atomic E-state index is 12.5. The third-order valence-corrected chi connectivity index (χ3v) is 4.44. The number of carbonyl (C=O) groups excluding carboxylic acids is 1. The van der Waals surface area contributed by atoms with Crippen LogP contribution < -0.4 is 11.1 Å². The highest BCUT2D eigenvalue weighted by Gasteiger charge is 2.31. The lowest BCUT2D eigenvalue weighted by molar-refractivity contribution is -0.0181. The molecule has 8 heteroatoms. The highest BCUT2D eigenvalue weighted by atomic mass is 32.1. The van der Waals surface area contributed by atoms with Crippen molar-refractivity contribution in [1.29, 1.82) is 0 Å². The summed E-state index contributed by atoms with van der Waals surface area (Å²) < 4.78 is 5.28. The molecule has 1 saturated carbocycles. The van der Waals surface area contributed by atoms with Crippen LogP contribution >= 0.6 is 11.3 Å². The minimum atomic E-state index is -0.308. The number of anilines is 2. The highest BCUT2D eigenvalue weighted by molar-refractivity contribution is 7.18. The Balaban J connectivity index is 1.76. The number of rotatable bonds is 4. The molecule has 20 heavy (non-hydrogen) atoms. The molecule has 1 amide bonds. The molecule has 2 aliphatic rings. The van der Waals surface area contributed by atoms with Crippen molar-refractivity contribution in [3.8, 4) is 0 Å². The van der Waals surface area contributed by atoms with E-state index in [-0.39, 0.29) is 24.4 Å². The second-order valence-corrected chi connectivity index (χ2v) is 6.06. The fraction of sp³-hybridized carbons (Fsp3) is 0.667. The molecule has 0 radical (unpaired) electrons. The number of nitrogens with zero attached hydrogens (tertiary/aromatic N) is 2. The second-order valence-electron chi connectivity index (χ2n) is 5.06. The Morgan fingerprint density at radius 1 is 1.60 bits per heavy atom. The van der Waals surface area contributed by atoms with Gasteiger partial charge in [-0.1, -0.05) is 11.3 Å². The van der Waals surface area contributed by atoms with E-state index in [4.69, 9.17) is 10.5 Å². The highest BCUT2D eigenvalue weighted by Crippen LogP contribution is 2.31. The number of aliphatic hydroxyl groups excluding tert-OH is 1. The quantitative estimate of drug-likeness (QED) is 0.730. The van der Waals surface area contributed by atoms with Crippen molar-refractivity contribution in [2.45, 2.75) is 24.9 Å². The van der Waals surface area contributed by atoms with Gasteiger partial charge in [0.15, 0.2) is 5.13 Å². The van der Waals surface area contributed by atoms with Crippen molar-refractivity contribution in [2.75, 3.05) is 37.4 Å². The van der Waals surface area contributed by atoms with Crippen LogP contribution in [0.3, 0.4) is 0 Å². The van der Waals surface area contributed by atoms with Crippen LogP contribution in [0.2, 0.25) is 0 Å². The van der Waals surface area contributed by atoms with Crippen LogP contribution in [-0.2, 0) is 4.74 Å². The monoisotopic (exact) mass is 298 g/mol. The molecule has 1 atom stereocenters. The summed E-state index contributed by atoms with van der Waals surface area (Å²) >= 11 is 1.28. The van der Waals surface area contributed by atoms with Crippen LogP contribution in [0, 0.1) is 0 Å². The number of nitrogens with two attached hydrogens (primary N) is 1. The summed E-state index contributed by atoms with van der Waals surface area (Å²) in [5, 5.41) is 13.3. The van der Waals surface area contributed by atoms with Crippen molar-refractivity contribution in [2.24, 2.45) is 0 Å². The molecule has 1 aromatic heterocycles. The number of hydrogen-bond donors (Lipinski definition) is 3. The van der Waals surface area contributed by atoms with E-state index < -0.39 is 0 Å². The molecule has 1 aromatic rings. The smallest absolute Gasteiger partial charge is 0.268 e. The van der Waals surface area contributed by atoms with Crippen LogP contribution in [0.25, 0.3) is 0 Å². The number of thiazole rings is 1. The summed E-state index contributed by atoms with van der Waals surface area (Å²) in [4.78, 5) is 18.8.